The smallest absolute Gasteiger partial charge is 0.262 e. The van der Waals surface area contributed by atoms with Crippen LogP contribution in [-0.2, 0) is 11.3 Å². The average Bonchev–Trinajstić information content (AvgIpc) is 3.29. The van der Waals surface area contributed by atoms with Gasteiger partial charge in [-0.25, -0.2) is 0 Å². The predicted octanol–water partition coefficient (Wildman–Crippen LogP) is 3.83. The molecule has 0 spiro atoms. The van der Waals surface area contributed by atoms with Gasteiger partial charge in [-0.1, -0.05) is 43.2 Å². The van der Waals surface area contributed by atoms with Crippen LogP contribution in [0.15, 0.2) is 54.4 Å². The fourth-order valence-electron chi connectivity index (χ4n) is 3.13. The van der Waals surface area contributed by atoms with Crippen molar-refractivity contribution in [2.24, 2.45) is 0 Å². The van der Waals surface area contributed by atoms with Crippen LogP contribution in [0.2, 0.25) is 0 Å². The number of carbonyl (C=O) groups excluding carboxylic acids is 1. The van der Waals surface area contributed by atoms with Gasteiger partial charge in [0.25, 0.3) is 5.91 Å². The molecule has 1 aliphatic rings. The summed E-state index contributed by atoms with van der Waals surface area (Å²) in [6, 6.07) is 14.2. The first kappa shape index (κ1) is 16.1. The summed E-state index contributed by atoms with van der Waals surface area (Å²) in [5.74, 6) is -0.338. The Morgan fingerprint density at radius 3 is 2.71 bits per heavy atom. The van der Waals surface area contributed by atoms with Crippen molar-refractivity contribution in [1.82, 2.24) is 9.88 Å². The zero-order valence-electron chi connectivity index (χ0n) is 13.6. The number of amides is 1. The van der Waals surface area contributed by atoms with E-state index in [4.69, 9.17) is 0 Å². The molecule has 1 saturated carbocycles. The van der Waals surface area contributed by atoms with Crippen LogP contribution in [0.5, 0.6) is 0 Å². The van der Waals surface area contributed by atoms with Crippen LogP contribution in [0, 0.1) is 11.3 Å². The third kappa shape index (κ3) is 3.94. The predicted molar refractivity (Wildman–Crippen MR) is 93.8 cm³/mol. The van der Waals surface area contributed by atoms with Gasteiger partial charge in [-0.2, -0.15) is 5.26 Å². The maximum Gasteiger partial charge on any atom is 0.262 e. The van der Waals surface area contributed by atoms with Crippen molar-refractivity contribution in [2.75, 3.05) is 0 Å². The third-order valence-electron chi connectivity index (χ3n) is 4.46. The van der Waals surface area contributed by atoms with E-state index < -0.39 is 0 Å². The highest BCUT2D eigenvalue weighted by molar-refractivity contribution is 6.01. The summed E-state index contributed by atoms with van der Waals surface area (Å²) in [6.45, 7) is 0.418. The minimum atomic E-state index is -0.338. The minimum absolute atomic E-state index is 0.134. The fraction of sp³-hybridized carbons (Fsp3) is 0.300. The zero-order valence-corrected chi connectivity index (χ0v) is 13.6. The summed E-state index contributed by atoms with van der Waals surface area (Å²) < 4.78 is 2.20. The van der Waals surface area contributed by atoms with E-state index in [0.29, 0.717) is 12.6 Å². The highest BCUT2D eigenvalue weighted by Gasteiger charge is 2.16. The van der Waals surface area contributed by atoms with Gasteiger partial charge in [0.05, 0.1) is 0 Å². The molecule has 4 heteroatoms. The van der Waals surface area contributed by atoms with Gasteiger partial charge in [0.15, 0.2) is 0 Å². The fourth-order valence-corrected chi connectivity index (χ4v) is 3.13. The number of nitriles is 1. The number of benzene rings is 1. The van der Waals surface area contributed by atoms with Crippen LogP contribution in [0.3, 0.4) is 0 Å². The molecule has 0 radical (unpaired) electrons. The Morgan fingerprint density at radius 2 is 2.00 bits per heavy atom. The second kappa shape index (κ2) is 7.65. The van der Waals surface area contributed by atoms with Crippen LogP contribution < -0.4 is 5.32 Å². The minimum Gasteiger partial charge on any atom is -0.351 e. The Bertz CT molecular complexity index is 762. The monoisotopic (exact) mass is 319 g/mol. The number of hydrogen-bond donors (Lipinski definition) is 1. The standard InChI is InChI=1S/C20H21N3O/c21-13-18(20(24)22-14-16-6-2-1-3-7-16)12-17-10-11-23(15-17)19-8-4-5-9-19/h1-3,6-7,10-12,15,19H,4-5,8-9,14H2,(H,22,24)/b18-12+. The molecular weight excluding hydrogens is 298 g/mol. The van der Waals surface area contributed by atoms with Crippen molar-refractivity contribution >= 4 is 12.0 Å². The van der Waals surface area contributed by atoms with Gasteiger partial charge in [0, 0.05) is 25.0 Å². The van der Waals surface area contributed by atoms with Crippen LogP contribution in [0.1, 0.15) is 42.9 Å². The van der Waals surface area contributed by atoms with E-state index in [9.17, 15) is 10.1 Å². The molecule has 0 aliphatic heterocycles. The highest BCUT2D eigenvalue weighted by atomic mass is 16.1. The molecule has 1 fully saturated rings. The first-order valence-electron chi connectivity index (χ1n) is 8.37. The summed E-state index contributed by atoms with van der Waals surface area (Å²) in [4.78, 5) is 12.2. The van der Waals surface area contributed by atoms with E-state index in [0.717, 1.165) is 11.1 Å². The van der Waals surface area contributed by atoms with E-state index in [1.807, 2.05) is 54.9 Å². The molecule has 1 aromatic carbocycles. The largest absolute Gasteiger partial charge is 0.351 e. The molecule has 0 atom stereocenters. The van der Waals surface area contributed by atoms with Gasteiger partial charge in [-0.15, -0.1) is 0 Å². The maximum absolute atomic E-state index is 12.2. The topological polar surface area (TPSA) is 57.8 Å². The van der Waals surface area contributed by atoms with Crippen LogP contribution in [0.4, 0.5) is 0 Å². The number of nitrogens with one attached hydrogen (secondary N) is 1. The Kier molecular flexibility index (Phi) is 5.12. The normalized spacial score (nSPS) is 15.2. The van der Waals surface area contributed by atoms with Crippen molar-refractivity contribution in [2.45, 2.75) is 38.3 Å². The molecule has 122 valence electrons. The molecule has 2 aromatic rings. The zero-order chi connectivity index (χ0) is 16.8. The Morgan fingerprint density at radius 1 is 1.25 bits per heavy atom. The second-order valence-electron chi connectivity index (χ2n) is 6.17. The molecule has 1 aromatic heterocycles. The summed E-state index contributed by atoms with van der Waals surface area (Å²) in [7, 11) is 0. The first-order valence-corrected chi connectivity index (χ1v) is 8.37. The van der Waals surface area contributed by atoms with E-state index in [1.165, 1.54) is 25.7 Å². The van der Waals surface area contributed by atoms with Crippen molar-refractivity contribution in [1.29, 1.82) is 5.26 Å². The number of hydrogen-bond acceptors (Lipinski definition) is 2. The molecule has 1 N–H and O–H groups in total. The molecular formula is C20H21N3O. The summed E-state index contributed by atoms with van der Waals surface area (Å²) in [5.41, 5.74) is 2.04. The molecule has 0 unspecified atom stereocenters. The number of carbonyl (C=O) groups is 1. The lowest BCUT2D eigenvalue weighted by Crippen LogP contribution is -2.23. The van der Waals surface area contributed by atoms with Gasteiger partial charge < -0.3 is 9.88 Å². The highest BCUT2D eigenvalue weighted by Crippen LogP contribution is 2.29. The lowest BCUT2D eigenvalue weighted by molar-refractivity contribution is -0.117. The molecule has 3 rings (SSSR count). The Hall–Kier alpha value is -2.80. The van der Waals surface area contributed by atoms with Crippen LogP contribution >= 0.6 is 0 Å². The molecule has 1 amide bonds. The van der Waals surface area contributed by atoms with E-state index in [2.05, 4.69) is 9.88 Å². The quantitative estimate of drug-likeness (QED) is 0.672. The van der Waals surface area contributed by atoms with Crippen molar-refractivity contribution in [3.63, 3.8) is 0 Å². The van der Waals surface area contributed by atoms with E-state index in [-0.39, 0.29) is 11.5 Å². The average molecular weight is 319 g/mol. The van der Waals surface area contributed by atoms with Crippen molar-refractivity contribution in [3.05, 3.63) is 65.5 Å². The van der Waals surface area contributed by atoms with Gasteiger partial charge in [-0.05, 0) is 36.1 Å². The van der Waals surface area contributed by atoms with Gasteiger partial charge in [0.2, 0.25) is 0 Å². The Balaban J connectivity index is 1.65. The third-order valence-corrected chi connectivity index (χ3v) is 4.46. The van der Waals surface area contributed by atoms with E-state index in [1.54, 1.807) is 6.08 Å². The van der Waals surface area contributed by atoms with Gasteiger partial charge in [-0.3, -0.25) is 4.79 Å². The second-order valence-corrected chi connectivity index (χ2v) is 6.17. The molecule has 0 saturated heterocycles. The summed E-state index contributed by atoms with van der Waals surface area (Å²) in [5, 5.41) is 12.1. The lowest BCUT2D eigenvalue weighted by Gasteiger charge is -2.10. The number of nitrogens with zero attached hydrogens (tertiary/aromatic N) is 2. The SMILES string of the molecule is N#C/C(=C\c1ccn(C2CCCC2)c1)C(=O)NCc1ccccc1. The van der Waals surface area contributed by atoms with Crippen molar-refractivity contribution < 1.29 is 4.79 Å². The first-order chi connectivity index (χ1) is 11.8. The molecule has 4 nitrogen and oxygen atoms in total. The van der Waals surface area contributed by atoms with Gasteiger partial charge in [0.1, 0.15) is 11.6 Å². The number of rotatable bonds is 5. The molecule has 1 heterocycles. The van der Waals surface area contributed by atoms with Gasteiger partial charge >= 0.3 is 0 Å². The lowest BCUT2D eigenvalue weighted by atomic mass is 10.1. The maximum atomic E-state index is 12.2. The molecule has 0 bridgehead atoms. The summed E-state index contributed by atoms with van der Waals surface area (Å²) in [6.07, 6.45) is 10.7. The van der Waals surface area contributed by atoms with Crippen LogP contribution in [0.25, 0.3) is 6.08 Å². The Labute approximate surface area is 142 Å². The number of aromatic nitrogens is 1. The van der Waals surface area contributed by atoms with Crippen LogP contribution in [-0.4, -0.2) is 10.5 Å². The summed E-state index contributed by atoms with van der Waals surface area (Å²) >= 11 is 0. The molecule has 1 aliphatic carbocycles. The van der Waals surface area contributed by atoms with Crippen molar-refractivity contribution in [3.8, 4) is 6.07 Å². The molecule has 24 heavy (non-hydrogen) atoms. The van der Waals surface area contributed by atoms with E-state index >= 15 is 0 Å².